The molecule has 2 saturated heterocycles. The van der Waals surface area contributed by atoms with Gasteiger partial charge in [-0.1, -0.05) is 36.4 Å². The van der Waals surface area contributed by atoms with Crippen molar-refractivity contribution in [3.63, 3.8) is 0 Å². The van der Waals surface area contributed by atoms with Gasteiger partial charge in [0, 0.05) is 13.2 Å². The lowest BCUT2D eigenvalue weighted by Gasteiger charge is -2.03. The van der Waals surface area contributed by atoms with Crippen molar-refractivity contribution in [2.24, 2.45) is 0 Å². The van der Waals surface area contributed by atoms with Crippen molar-refractivity contribution in [3.05, 3.63) is 71.8 Å². The summed E-state index contributed by atoms with van der Waals surface area (Å²) in [6, 6.07) is 16.6. The summed E-state index contributed by atoms with van der Waals surface area (Å²) in [6.45, 7) is 1.82. The first kappa shape index (κ1) is 19.6. The van der Waals surface area contributed by atoms with Crippen LogP contribution in [0.4, 0.5) is 0 Å². The number of fused-ring (bicyclic) bond motifs is 1. The number of ether oxygens (including phenoxy) is 2. The number of hydrogen-bond acceptors (Lipinski definition) is 4. The number of carboxylic acid groups (broad SMARTS) is 2. The highest BCUT2D eigenvalue weighted by Crippen LogP contribution is 2.25. The Labute approximate surface area is 152 Å². The molecule has 2 N–H and O–H groups in total. The second-order valence-corrected chi connectivity index (χ2v) is 5.74. The van der Waals surface area contributed by atoms with Gasteiger partial charge >= 0.3 is 11.9 Å². The van der Waals surface area contributed by atoms with Gasteiger partial charge in [0.2, 0.25) is 0 Å². The standard InChI is InChI=1S/2C7H6O2.C6H10O2/c2*8-7(9)6-4-2-1-3-5-6;1-3-7-6-2-4-8-5(1)6/h2*1-5H,(H,8,9);5-6H,1-4H2/t;;5-,6-/m..1/s1. The minimum absolute atomic E-state index is 0.331. The van der Waals surface area contributed by atoms with Crippen LogP contribution in [0.5, 0.6) is 0 Å². The highest BCUT2D eigenvalue weighted by atomic mass is 16.6. The summed E-state index contributed by atoms with van der Waals surface area (Å²) in [6.07, 6.45) is 3.14. The van der Waals surface area contributed by atoms with Crippen LogP contribution >= 0.6 is 0 Å². The van der Waals surface area contributed by atoms with Crippen molar-refractivity contribution in [3.8, 4) is 0 Å². The van der Waals surface area contributed by atoms with Gasteiger partial charge < -0.3 is 19.7 Å². The van der Waals surface area contributed by atoms with Crippen molar-refractivity contribution in [1.82, 2.24) is 0 Å². The van der Waals surface area contributed by atoms with E-state index in [0.717, 1.165) is 26.1 Å². The third-order valence-corrected chi connectivity index (χ3v) is 3.92. The molecule has 2 fully saturated rings. The summed E-state index contributed by atoms with van der Waals surface area (Å²) in [5.41, 5.74) is 0.662. The Hall–Kier alpha value is -2.70. The maximum atomic E-state index is 10.2. The molecule has 26 heavy (non-hydrogen) atoms. The van der Waals surface area contributed by atoms with Crippen LogP contribution in [-0.2, 0) is 9.47 Å². The van der Waals surface area contributed by atoms with Gasteiger partial charge in [0.15, 0.2) is 0 Å². The smallest absolute Gasteiger partial charge is 0.335 e. The molecule has 0 unspecified atom stereocenters. The number of carbonyl (C=O) groups is 2. The van der Waals surface area contributed by atoms with E-state index in [-0.39, 0.29) is 0 Å². The molecule has 0 radical (unpaired) electrons. The third kappa shape index (κ3) is 6.31. The lowest BCUT2D eigenvalue weighted by atomic mass is 10.2. The quantitative estimate of drug-likeness (QED) is 0.855. The fourth-order valence-corrected chi connectivity index (χ4v) is 2.59. The van der Waals surface area contributed by atoms with Crippen LogP contribution in [0.1, 0.15) is 33.6 Å². The second kappa shape index (κ2) is 10.3. The highest BCUT2D eigenvalue weighted by molar-refractivity contribution is 5.87. The van der Waals surface area contributed by atoms with Crippen LogP contribution in [0.3, 0.4) is 0 Å². The molecule has 4 rings (SSSR count). The number of rotatable bonds is 2. The predicted octanol–water partition coefficient (Wildman–Crippen LogP) is 3.33. The van der Waals surface area contributed by atoms with Crippen molar-refractivity contribution in [1.29, 1.82) is 0 Å². The zero-order valence-electron chi connectivity index (χ0n) is 14.3. The third-order valence-electron chi connectivity index (χ3n) is 3.92. The summed E-state index contributed by atoms with van der Waals surface area (Å²) in [5.74, 6) is -1.76. The van der Waals surface area contributed by atoms with Crippen molar-refractivity contribution >= 4 is 11.9 Å². The normalized spacial score (nSPS) is 20.0. The van der Waals surface area contributed by atoms with E-state index in [1.807, 2.05) is 0 Å². The molecule has 0 aliphatic carbocycles. The Bertz CT molecular complexity index is 616. The molecular formula is C20H22O6. The van der Waals surface area contributed by atoms with Gasteiger partial charge in [-0.15, -0.1) is 0 Å². The molecule has 138 valence electrons. The first-order valence-electron chi connectivity index (χ1n) is 8.38. The summed E-state index contributed by atoms with van der Waals surface area (Å²) < 4.78 is 10.7. The molecule has 2 heterocycles. The Balaban J connectivity index is 0.000000140. The highest BCUT2D eigenvalue weighted by Gasteiger charge is 2.33. The minimum Gasteiger partial charge on any atom is -0.478 e. The fourth-order valence-electron chi connectivity index (χ4n) is 2.59. The monoisotopic (exact) mass is 358 g/mol. The van der Waals surface area contributed by atoms with E-state index in [4.69, 9.17) is 19.7 Å². The van der Waals surface area contributed by atoms with Crippen LogP contribution in [0.15, 0.2) is 60.7 Å². The summed E-state index contributed by atoms with van der Waals surface area (Å²) in [5, 5.41) is 16.8. The first-order chi connectivity index (χ1) is 12.6. The van der Waals surface area contributed by atoms with Gasteiger partial charge in [0.25, 0.3) is 0 Å². The molecule has 2 aromatic rings. The molecule has 2 atom stereocenters. The van der Waals surface area contributed by atoms with E-state index < -0.39 is 11.9 Å². The molecule has 2 aliphatic rings. The van der Waals surface area contributed by atoms with Crippen molar-refractivity contribution in [2.75, 3.05) is 13.2 Å². The van der Waals surface area contributed by atoms with Gasteiger partial charge in [-0.25, -0.2) is 9.59 Å². The van der Waals surface area contributed by atoms with Crippen LogP contribution in [0, 0.1) is 0 Å². The van der Waals surface area contributed by atoms with E-state index in [2.05, 4.69) is 0 Å². The molecular weight excluding hydrogens is 336 g/mol. The zero-order chi connectivity index (χ0) is 18.8. The van der Waals surface area contributed by atoms with E-state index in [9.17, 15) is 9.59 Å². The molecule has 0 saturated carbocycles. The summed E-state index contributed by atoms with van der Waals surface area (Å²) in [7, 11) is 0. The summed E-state index contributed by atoms with van der Waals surface area (Å²) >= 11 is 0. The maximum Gasteiger partial charge on any atom is 0.335 e. The Morgan fingerprint density at radius 1 is 0.692 bits per heavy atom. The average molecular weight is 358 g/mol. The van der Waals surface area contributed by atoms with Crippen molar-refractivity contribution < 1.29 is 29.3 Å². The Kier molecular flexibility index (Phi) is 7.79. The largest absolute Gasteiger partial charge is 0.478 e. The van der Waals surface area contributed by atoms with Gasteiger partial charge in [-0.05, 0) is 37.1 Å². The van der Waals surface area contributed by atoms with Gasteiger partial charge in [0.05, 0.1) is 23.3 Å². The molecule has 0 aromatic heterocycles. The molecule has 0 spiro atoms. The molecule has 2 aliphatic heterocycles. The van der Waals surface area contributed by atoms with Gasteiger partial charge in [0.1, 0.15) is 0 Å². The number of carboxylic acids is 2. The van der Waals surface area contributed by atoms with Crippen LogP contribution in [0.25, 0.3) is 0 Å². The molecule has 2 aromatic carbocycles. The van der Waals surface area contributed by atoms with E-state index >= 15 is 0 Å². The van der Waals surface area contributed by atoms with Crippen LogP contribution in [0.2, 0.25) is 0 Å². The average Bonchev–Trinajstić information content (AvgIpc) is 3.29. The van der Waals surface area contributed by atoms with E-state index in [1.165, 1.54) is 0 Å². The Morgan fingerprint density at radius 2 is 1.04 bits per heavy atom. The lowest BCUT2D eigenvalue weighted by molar-refractivity contribution is 0.0686. The predicted molar refractivity (Wildman–Crippen MR) is 95.5 cm³/mol. The van der Waals surface area contributed by atoms with Gasteiger partial charge in [-0.2, -0.15) is 0 Å². The first-order valence-corrected chi connectivity index (χ1v) is 8.38. The zero-order valence-corrected chi connectivity index (χ0v) is 14.3. The van der Waals surface area contributed by atoms with E-state index in [1.54, 1.807) is 60.7 Å². The SMILES string of the molecule is C1C[C@H]2OCC[C@H]2O1.O=C(O)c1ccccc1.O=C(O)c1ccccc1. The second-order valence-electron chi connectivity index (χ2n) is 5.74. The molecule has 0 amide bonds. The number of aromatic carboxylic acids is 2. The minimum atomic E-state index is -0.879. The number of hydrogen-bond donors (Lipinski definition) is 2. The summed E-state index contributed by atoms with van der Waals surface area (Å²) in [4.78, 5) is 20.4. The van der Waals surface area contributed by atoms with Crippen LogP contribution < -0.4 is 0 Å². The van der Waals surface area contributed by atoms with Crippen molar-refractivity contribution in [2.45, 2.75) is 25.0 Å². The topological polar surface area (TPSA) is 93.1 Å². The van der Waals surface area contributed by atoms with Gasteiger partial charge in [-0.3, -0.25) is 0 Å². The fraction of sp³-hybridized carbons (Fsp3) is 0.300. The van der Waals surface area contributed by atoms with E-state index in [0.29, 0.717) is 23.3 Å². The maximum absolute atomic E-state index is 10.2. The van der Waals surface area contributed by atoms with Crippen LogP contribution in [-0.4, -0.2) is 47.6 Å². The molecule has 6 nitrogen and oxygen atoms in total. The number of benzene rings is 2. The lowest BCUT2D eigenvalue weighted by Crippen LogP contribution is -2.13. The molecule has 0 bridgehead atoms. The molecule has 6 heteroatoms. The Morgan fingerprint density at radius 3 is 1.31 bits per heavy atom.